The number of hydrogen-bond acceptors (Lipinski definition) is 6. The van der Waals surface area contributed by atoms with Crippen LogP contribution in [0.25, 0.3) is 0 Å². The minimum absolute atomic E-state index is 0.173. The highest BCUT2D eigenvalue weighted by molar-refractivity contribution is 6.23. The van der Waals surface area contributed by atoms with Crippen LogP contribution < -0.4 is 0 Å². The van der Waals surface area contributed by atoms with Crippen LogP contribution in [0, 0.1) is 5.41 Å². The van der Waals surface area contributed by atoms with Gasteiger partial charge in [-0.15, -0.1) is 0 Å². The molecule has 27 heavy (non-hydrogen) atoms. The van der Waals surface area contributed by atoms with Crippen LogP contribution in [0.3, 0.4) is 0 Å². The molecule has 0 saturated heterocycles. The van der Waals surface area contributed by atoms with Crippen LogP contribution in [0.2, 0.25) is 0 Å². The van der Waals surface area contributed by atoms with Gasteiger partial charge in [0.15, 0.2) is 0 Å². The molecule has 152 valence electrons. The molecule has 0 unspecified atom stereocenters. The van der Waals surface area contributed by atoms with E-state index in [1.54, 1.807) is 6.92 Å². The highest BCUT2D eigenvalue weighted by Crippen LogP contribution is 2.28. The number of rotatable bonds is 11. The predicted molar refractivity (Wildman–Crippen MR) is 102 cm³/mol. The number of esters is 1. The number of carbonyl (C=O) groups excluding carboxylic acids is 3. The number of carbonyl (C=O) groups is 3. The van der Waals surface area contributed by atoms with Crippen LogP contribution in [0.4, 0.5) is 0 Å². The van der Waals surface area contributed by atoms with Gasteiger partial charge in [0.25, 0.3) is 0 Å². The average molecular weight is 380 g/mol. The zero-order valence-electron chi connectivity index (χ0n) is 17.1. The van der Waals surface area contributed by atoms with Gasteiger partial charge in [-0.1, -0.05) is 32.1 Å². The van der Waals surface area contributed by atoms with Crippen molar-refractivity contribution in [2.75, 3.05) is 14.2 Å². The van der Waals surface area contributed by atoms with E-state index in [1.807, 2.05) is 13.8 Å². The first-order valence-corrected chi connectivity index (χ1v) is 9.52. The van der Waals surface area contributed by atoms with Gasteiger partial charge in [0.05, 0.1) is 19.6 Å². The van der Waals surface area contributed by atoms with Gasteiger partial charge in [-0.3, -0.25) is 14.4 Å². The Morgan fingerprint density at radius 3 is 2.07 bits per heavy atom. The summed E-state index contributed by atoms with van der Waals surface area (Å²) >= 11 is 0. The van der Waals surface area contributed by atoms with E-state index in [1.165, 1.54) is 14.2 Å². The molecule has 1 aliphatic rings. The van der Waals surface area contributed by atoms with Crippen LogP contribution in [0.15, 0.2) is 22.7 Å². The lowest BCUT2D eigenvalue weighted by atomic mass is 9.87. The van der Waals surface area contributed by atoms with E-state index >= 15 is 0 Å². The molecule has 0 aromatic carbocycles. The Bertz CT molecular complexity index is 639. The van der Waals surface area contributed by atoms with Crippen molar-refractivity contribution < 1.29 is 29.0 Å². The number of aliphatic hydroxyl groups is 1. The van der Waals surface area contributed by atoms with Crippen molar-refractivity contribution in [2.24, 2.45) is 5.41 Å². The highest BCUT2D eigenvalue weighted by Gasteiger charge is 2.33. The molecule has 1 rings (SSSR count). The van der Waals surface area contributed by atoms with E-state index < -0.39 is 22.7 Å². The van der Waals surface area contributed by atoms with Crippen molar-refractivity contribution in [3.63, 3.8) is 0 Å². The van der Waals surface area contributed by atoms with Gasteiger partial charge in [-0.25, -0.2) is 0 Å². The van der Waals surface area contributed by atoms with Crippen LogP contribution in [-0.4, -0.2) is 36.9 Å². The molecule has 0 aromatic rings. The van der Waals surface area contributed by atoms with Gasteiger partial charge < -0.3 is 14.6 Å². The third kappa shape index (κ3) is 5.94. The fraction of sp³-hybridized carbons (Fsp3) is 0.667. The molecule has 0 bridgehead atoms. The highest BCUT2D eigenvalue weighted by atomic mass is 16.5. The molecule has 0 saturated carbocycles. The maximum absolute atomic E-state index is 12.3. The maximum Gasteiger partial charge on any atom is 0.311 e. The molecule has 0 spiro atoms. The summed E-state index contributed by atoms with van der Waals surface area (Å²) in [6, 6.07) is 0. The van der Waals surface area contributed by atoms with Gasteiger partial charge in [0.1, 0.15) is 0 Å². The Balaban J connectivity index is 2.32. The number of unbranched alkanes of at least 4 members (excludes halogenated alkanes) is 5. The Hall–Kier alpha value is -2.11. The molecule has 1 aliphatic carbocycles. The summed E-state index contributed by atoms with van der Waals surface area (Å²) in [5.74, 6) is -1.95. The van der Waals surface area contributed by atoms with E-state index in [0.717, 1.165) is 44.9 Å². The van der Waals surface area contributed by atoms with Crippen molar-refractivity contribution in [2.45, 2.75) is 72.1 Å². The van der Waals surface area contributed by atoms with Crippen LogP contribution in [-0.2, 0) is 23.9 Å². The van der Waals surface area contributed by atoms with Crippen LogP contribution >= 0.6 is 0 Å². The summed E-state index contributed by atoms with van der Waals surface area (Å²) in [7, 11) is 2.69. The first-order chi connectivity index (χ1) is 12.7. The van der Waals surface area contributed by atoms with Gasteiger partial charge >= 0.3 is 5.97 Å². The molecule has 0 fully saturated rings. The van der Waals surface area contributed by atoms with Crippen molar-refractivity contribution in [3.8, 4) is 0 Å². The second-order valence-electron chi connectivity index (χ2n) is 7.64. The summed E-state index contributed by atoms with van der Waals surface area (Å²) in [4.78, 5) is 35.9. The molecule has 6 nitrogen and oxygen atoms in total. The van der Waals surface area contributed by atoms with Crippen molar-refractivity contribution in [1.29, 1.82) is 0 Å². The van der Waals surface area contributed by atoms with Crippen molar-refractivity contribution >= 4 is 17.5 Å². The number of Topliss-reactive ketones (excluding diaryl/α,β-unsaturated/α-hetero) is 2. The zero-order valence-corrected chi connectivity index (χ0v) is 17.1. The van der Waals surface area contributed by atoms with Gasteiger partial charge in [0.2, 0.25) is 23.1 Å². The number of ketones is 2. The van der Waals surface area contributed by atoms with E-state index in [0.29, 0.717) is 17.6 Å². The van der Waals surface area contributed by atoms with Crippen molar-refractivity contribution in [3.05, 3.63) is 22.7 Å². The SMILES string of the molecule is COC(=O)C(C)(C)CCCCCCCCC1=C(C)C(=O)C(O)=C(OC)C1=O. The van der Waals surface area contributed by atoms with Gasteiger partial charge in [-0.05, 0) is 40.0 Å². The Morgan fingerprint density at radius 2 is 1.52 bits per heavy atom. The third-order valence-corrected chi connectivity index (χ3v) is 5.12. The molecule has 0 atom stereocenters. The lowest BCUT2D eigenvalue weighted by molar-refractivity contribution is -0.151. The minimum Gasteiger partial charge on any atom is -0.501 e. The van der Waals surface area contributed by atoms with Gasteiger partial charge in [-0.2, -0.15) is 0 Å². The molecule has 0 radical (unpaired) electrons. The first kappa shape index (κ1) is 22.9. The summed E-state index contributed by atoms with van der Waals surface area (Å²) in [6.07, 6.45) is 7.18. The zero-order chi connectivity index (χ0) is 20.6. The Morgan fingerprint density at radius 1 is 0.963 bits per heavy atom. The van der Waals surface area contributed by atoms with Crippen LogP contribution in [0.5, 0.6) is 0 Å². The largest absolute Gasteiger partial charge is 0.501 e. The number of methoxy groups -OCH3 is 2. The Labute approximate surface area is 161 Å². The van der Waals surface area contributed by atoms with E-state index in [9.17, 15) is 19.5 Å². The molecule has 6 heteroatoms. The van der Waals surface area contributed by atoms with E-state index in [-0.39, 0.29) is 11.7 Å². The quantitative estimate of drug-likeness (QED) is 0.328. The maximum atomic E-state index is 12.3. The van der Waals surface area contributed by atoms with Gasteiger partial charge in [0, 0.05) is 11.1 Å². The second kappa shape index (κ2) is 10.3. The van der Waals surface area contributed by atoms with Crippen molar-refractivity contribution in [1.82, 2.24) is 0 Å². The molecular weight excluding hydrogens is 348 g/mol. The average Bonchev–Trinajstić information content (AvgIpc) is 2.64. The fourth-order valence-corrected chi connectivity index (χ4v) is 3.28. The van der Waals surface area contributed by atoms with E-state index in [2.05, 4.69) is 0 Å². The topological polar surface area (TPSA) is 89.9 Å². The molecule has 0 amide bonds. The molecular formula is C21H32O6. The fourth-order valence-electron chi connectivity index (χ4n) is 3.28. The van der Waals surface area contributed by atoms with Crippen LogP contribution in [0.1, 0.15) is 72.1 Å². The lowest BCUT2D eigenvalue weighted by Gasteiger charge is -2.21. The lowest BCUT2D eigenvalue weighted by Crippen LogP contribution is -2.25. The summed E-state index contributed by atoms with van der Waals surface area (Å²) in [5, 5.41) is 9.72. The third-order valence-electron chi connectivity index (χ3n) is 5.12. The Kier molecular flexibility index (Phi) is 8.73. The minimum atomic E-state index is -0.598. The summed E-state index contributed by atoms with van der Waals surface area (Å²) in [6.45, 7) is 5.37. The normalized spacial score (nSPS) is 15.4. The molecule has 1 N–H and O–H groups in total. The first-order valence-electron chi connectivity index (χ1n) is 9.52. The number of ether oxygens (including phenoxy) is 2. The number of allylic oxidation sites excluding steroid dienone is 2. The predicted octanol–water partition coefficient (Wildman–Crippen LogP) is 4.19. The number of hydrogen-bond donors (Lipinski definition) is 1. The smallest absolute Gasteiger partial charge is 0.311 e. The summed E-state index contributed by atoms with van der Waals surface area (Å²) < 4.78 is 9.69. The second-order valence-corrected chi connectivity index (χ2v) is 7.64. The standard InChI is InChI=1S/C21H32O6/c1-14-15(17(23)19(26-4)18(24)16(14)22)12-10-8-6-7-9-11-13-21(2,3)20(25)27-5/h24H,6-13H2,1-5H3. The summed E-state index contributed by atoms with van der Waals surface area (Å²) in [5.41, 5.74) is 0.308. The molecule has 0 aromatic heterocycles. The molecule has 0 aliphatic heterocycles. The monoisotopic (exact) mass is 380 g/mol. The molecule has 0 heterocycles. The number of aliphatic hydroxyl groups excluding tert-OH is 1. The van der Waals surface area contributed by atoms with E-state index in [4.69, 9.17) is 9.47 Å².